The lowest BCUT2D eigenvalue weighted by atomic mass is 10.2. The van der Waals surface area contributed by atoms with Crippen LogP contribution in [-0.2, 0) is 11.3 Å². The average molecular weight is 314 g/mol. The molecule has 100 valence electrons. The molecule has 0 aromatic heterocycles. The summed E-state index contributed by atoms with van der Waals surface area (Å²) in [6, 6.07) is 8.17. The van der Waals surface area contributed by atoms with Crippen molar-refractivity contribution in [3.63, 3.8) is 0 Å². The van der Waals surface area contributed by atoms with Crippen molar-refractivity contribution in [3.8, 4) is 0 Å². The van der Waals surface area contributed by atoms with Crippen LogP contribution in [0, 0.1) is 5.92 Å². The maximum atomic E-state index is 9.71. The van der Waals surface area contributed by atoms with Gasteiger partial charge in [-0.2, -0.15) is 0 Å². The van der Waals surface area contributed by atoms with E-state index in [2.05, 4.69) is 33.4 Å². The summed E-state index contributed by atoms with van der Waals surface area (Å²) in [4.78, 5) is 0. The summed E-state index contributed by atoms with van der Waals surface area (Å²) in [5, 5.41) is 12.9. The third-order valence-electron chi connectivity index (χ3n) is 2.98. The van der Waals surface area contributed by atoms with E-state index < -0.39 is 6.10 Å². The van der Waals surface area contributed by atoms with Gasteiger partial charge in [-0.3, -0.25) is 0 Å². The largest absolute Gasteiger partial charge is 0.389 e. The molecule has 1 unspecified atom stereocenters. The Labute approximate surface area is 117 Å². The fraction of sp³-hybridized carbons (Fsp3) is 0.571. The summed E-state index contributed by atoms with van der Waals surface area (Å²) in [5.41, 5.74) is 1.21. The highest BCUT2D eigenvalue weighted by Gasteiger charge is 2.21. The Balaban J connectivity index is 1.54. The highest BCUT2D eigenvalue weighted by Crippen LogP contribution is 2.28. The minimum Gasteiger partial charge on any atom is -0.389 e. The lowest BCUT2D eigenvalue weighted by molar-refractivity contribution is 0.0324. The number of hydrogen-bond acceptors (Lipinski definition) is 3. The Morgan fingerprint density at radius 2 is 2.06 bits per heavy atom. The van der Waals surface area contributed by atoms with Gasteiger partial charge in [0, 0.05) is 24.2 Å². The standard InChI is InChI=1S/C14H20BrNO2/c15-13-5-3-11(4-6-13)7-16-8-14(17)10-18-9-12-1-2-12/h3-6,12,14,16-17H,1-2,7-10H2. The van der Waals surface area contributed by atoms with Crippen molar-refractivity contribution >= 4 is 15.9 Å². The number of aliphatic hydroxyl groups is 1. The molecular formula is C14H20BrNO2. The second kappa shape index (κ2) is 7.24. The smallest absolute Gasteiger partial charge is 0.0897 e. The van der Waals surface area contributed by atoms with E-state index in [1.54, 1.807) is 0 Å². The summed E-state index contributed by atoms with van der Waals surface area (Å²) < 4.78 is 6.52. The number of nitrogens with one attached hydrogen (secondary N) is 1. The van der Waals surface area contributed by atoms with Gasteiger partial charge in [0.15, 0.2) is 0 Å². The van der Waals surface area contributed by atoms with Crippen LogP contribution in [0.1, 0.15) is 18.4 Å². The fourth-order valence-electron chi connectivity index (χ4n) is 1.70. The highest BCUT2D eigenvalue weighted by atomic mass is 79.9. The normalized spacial score (nSPS) is 16.8. The zero-order valence-electron chi connectivity index (χ0n) is 10.4. The molecule has 18 heavy (non-hydrogen) atoms. The molecule has 0 aliphatic heterocycles. The van der Waals surface area contributed by atoms with Gasteiger partial charge in [0.2, 0.25) is 0 Å². The van der Waals surface area contributed by atoms with Gasteiger partial charge in [-0.05, 0) is 36.5 Å². The summed E-state index contributed by atoms with van der Waals surface area (Å²) in [6.07, 6.45) is 2.16. The van der Waals surface area contributed by atoms with Crippen molar-refractivity contribution < 1.29 is 9.84 Å². The van der Waals surface area contributed by atoms with Crippen molar-refractivity contribution in [3.05, 3.63) is 34.3 Å². The van der Waals surface area contributed by atoms with Gasteiger partial charge in [-0.25, -0.2) is 0 Å². The highest BCUT2D eigenvalue weighted by molar-refractivity contribution is 9.10. The van der Waals surface area contributed by atoms with Crippen LogP contribution in [0.25, 0.3) is 0 Å². The second-order valence-corrected chi connectivity index (χ2v) is 5.81. The predicted octanol–water partition coefficient (Wildman–Crippen LogP) is 2.33. The quantitative estimate of drug-likeness (QED) is 0.774. The van der Waals surface area contributed by atoms with Crippen molar-refractivity contribution in [2.45, 2.75) is 25.5 Å². The molecule has 0 amide bonds. The van der Waals surface area contributed by atoms with E-state index in [1.807, 2.05) is 12.1 Å². The monoisotopic (exact) mass is 313 g/mol. The van der Waals surface area contributed by atoms with Crippen LogP contribution in [0.4, 0.5) is 0 Å². The van der Waals surface area contributed by atoms with E-state index in [4.69, 9.17) is 4.74 Å². The van der Waals surface area contributed by atoms with Gasteiger partial charge in [0.25, 0.3) is 0 Å². The first-order valence-corrected chi connectivity index (χ1v) is 7.24. The molecule has 1 aliphatic rings. The second-order valence-electron chi connectivity index (χ2n) is 4.89. The molecule has 3 nitrogen and oxygen atoms in total. The van der Waals surface area contributed by atoms with Crippen LogP contribution < -0.4 is 5.32 Å². The number of halogens is 1. The van der Waals surface area contributed by atoms with Crippen LogP contribution in [0.5, 0.6) is 0 Å². The summed E-state index contributed by atoms with van der Waals surface area (Å²) in [6.45, 7) is 2.58. The number of ether oxygens (including phenoxy) is 1. The Morgan fingerprint density at radius 3 is 2.72 bits per heavy atom. The third-order valence-corrected chi connectivity index (χ3v) is 3.51. The molecule has 0 radical (unpaired) electrons. The molecule has 0 heterocycles. The van der Waals surface area contributed by atoms with Gasteiger partial charge in [-0.15, -0.1) is 0 Å². The average Bonchev–Trinajstić information content (AvgIpc) is 3.16. The van der Waals surface area contributed by atoms with Crippen LogP contribution in [0.15, 0.2) is 28.7 Å². The van der Waals surface area contributed by atoms with E-state index in [0.717, 1.165) is 23.5 Å². The molecule has 0 spiro atoms. The molecule has 2 rings (SSSR count). The van der Waals surface area contributed by atoms with Crippen LogP contribution in [-0.4, -0.2) is 31.0 Å². The molecule has 1 aromatic carbocycles. The number of hydrogen-bond donors (Lipinski definition) is 2. The Bertz CT molecular complexity index is 351. The first-order valence-electron chi connectivity index (χ1n) is 6.45. The van der Waals surface area contributed by atoms with E-state index in [0.29, 0.717) is 13.2 Å². The first-order chi connectivity index (χ1) is 8.74. The van der Waals surface area contributed by atoms with Gasteiger partial charge < -0.3 is 15.2 Å². The SMILES string of the molecule is OC(CNCc1ccc(Br)cc1)COCC1CC1. The third kappa shape index (κ3) is 5.48. The van der Waals surface area contributed by atoms with Crippen LogP contribution in [0.2, 0.25) is 0 Å². The Morgan fingerprint density at radius 1 is 1.33 bits per heavy atom. The van der Waals surface area contributed by atoms with Gasteiger partial charge >= 0.3 is 0 Å². The number of aliphatic hydroxyl groups excluding tert-OH is 1. The summed E-state index contributed by atoms with van der Waals surface area (Å²) in [5.74, 6) is 0.757. The molecule has 1 aromatic rings. The van der Waals surface area contributed by atoms with Crippen LogP contribution >= 0.6 is 15.9 Å². The van der Waals surface area contributed by atoms with E-state index in [-0.39, 0.29) is 0 Å². The number of benzene rings is 1. The van der Waals surface area contributed by atoms with Gasteiger partial charge in [-0.1, -0.05) is 28.1 Å². The van der Waals surface area contributed by atoms with E-state index in [9.17, 15) is 5.11 Å². The maximum Gasteiger partial charge on any atom is 0.0897 e. The Kier molecular flexibility index (Phi) is 5.63. The molecular weight excluding hydrogens is 294 g/mol. The fourth-order valence-corrected chi connectivity index (χ4v) is 1.96. The Hall–Kier alpha value is -0.420. The molecule has 1 fully saturated rings. The molecule has 1 aliphatic carbocycles. The minimum absolute atomic E-state index is 0.417. The van der Waals surface area contributed by atoms with Crippen molar-refractivity contribution in [2.24, 2.45) is 5.92 Å². The molecule has 0 bridgehead atoms. The van der Waals surface area contributed by atoms with Crippen molar-refractivity contribution in [1.82, 2.24) is 5.32 Å². The first kappa shape index (κ1) is 14.0. The minimum atomic E-state index is -0.417. The van der Waals surface area contributed by atoms with E-state index in [1.165, 1.54) is 18.4 Å². The molecule has 2 N–H and O–H groups in total. The molecule has 1 atom stereocenters. The molecule has 4 heteroatoms. The zero-order chi connectivity index (χ0) is 12.8. The molecule has 0 saturated heterocycles. The van der Waals surface area contributed by atoms with Gasteiger partial charge in [0.1, 0.15) is 0 Å². The summed E-state index contributed by atoms with van der Waals surface area (Å²) in [7, 11) is 0. The predicted molar refractivity (Wildman–Crippen MR) is 75.4 cm³/mol. The van der Waals surface area contributed by atoms with Crippen LogP contribution in [0.3, 0.4) is 0 Å². The van der Waals surface area contributed by atoms with Gasteiger partial charge in [0.05, 0.1) is 12.7 Å². The van der Waals surface area contributed by atoms with Crippen molar-refractivity contribution in [1.29, 1.82) is 0 Å². The lowest BCUT2D eigenvalue weighted by Crippen LogP contribution is -2.30. The molecule has 1 saturated carbocycles. The van der Waals surface area contributed by atoms with E-state index >= 15 is 0 Å². The lowest BCUT2D eigenvalue weighted by Gasteiger charge is -2.12. The van der Waals surface area contributed by atoms with Crippen molar-refractivity contribution in [2.75, 3.05) is 19.8 Å². The zero-order valence-corrected chi connectivity index (χ0v) is 12.0. The number of rotatable bonds is 8. The maximum absolute atomic E-state index is 9.71. The topological polar surface area (TPSA) is 41.5 Å². The summed E-state index contributed by atoms with van der Waals surface area (Å²) >= 11 is 3.41.